The predicted molar refractivity (Wildman–Crippen MR) is 54.8 cm³/mol. The summed E-state index contributed by atoms with van der Waals surface area (Å²) in [7, 11) is 0. The predicted octanol–water partition coefficient (Wildman–Crippen LogP) is 1.25. The van der Waals surface area contributed by atoms with Crippen molar-refractivity contribution < 1.29 is 14.6 Å². The standard InChI is InChI=1S/C10H16N2O3/c1-8(2)7-15-6-5-12-4-3-9(11-12)10(13)14/h3-4,8H,5-7H2,1-2H3,(H,13,14). The van der Waals surface area contributed by atoms with Crippen molar-refractivity contribution in [1.29, 1.82) is 0 Å². The first kappa shape index (κ1) is 11.7. The summed E-state index contributed by atoms with van der Waals surface area (Å²) in [4.78, 5) is 10.5. The van der Waals surface area contributed by atoms with E-state index in [-0.39, 0.29) is 5.69 Å². The third-order valence-electron chi connectivity index (χ3n) is 1.78. The lowest BCUT2D eigenvalue weighted by atomic mass is 10.2. The molecule has 0 bridgehead atoms. The van der Waals surface area contributed by atoms with E-state index in [0.717, 1.165) is 0 Å². The van der Waals surface area contributed by atoms with Crippen molar-refractivity contribution in [2.24, 2.45) is 5.92 Å². The van der Waals surface area contributed by atoms with Gasteiger partial charge in [-0.3, -0.25) is 4.68 Å². The Morgan fingerprint density at radius 3 is 2.93 bits per heavy atom. The van der Waals surface area contributed by atoms with Gasteiger partial charge in [0.15, 0.2) is 5.69 Å². The van der Waals surface area contributed by atoms with Gasteiger partial charge in [0.05, 0.1) is 13.2 Å². The Kier molecular flexibility index (Phi) is 4.30. The smallest absolute Gasteiger partial charge is 0.356 e. The average molecular weight is 212 g/mol. The monoisotopic (exact) mass is 212 g/mol. The molecule has 0 fully saturated rings. The molecule has 1 aromatic heterocycles. The number of carboxylic acid groups (broad SMARTS) is 1. The van der Waals surface area contributed by atoms with E-state index in [2.05, 4.69) is 18.9 Å². The normalized spacial score (nSPS) is 10.9. The lowest BCUT2D eigenvalue weighted by Gasteiger charge is -2.06. The van der Waals surface area contributed by atoms with Crippen LogP contribution in [0.15, 0.2) is 12.3 Å². The molecule has 15 heavy (non-hydrogen) atoms. The molecule has 1 aromatic rings. The minimum absolute atomic E-state index is 0.0684. The highest BCUT2D eigenvalue weighted by molar-refractivity contribution is 5.84. The zero-order chi connectivity index (χ0) is 11.3. The van der Waals surface area contributed by atoms with Crippen molar-refractivity contribution in [1.82, 2.24) is 9.78 Å². The number of rotatable bonds is 6. The molecule has 1 N–H and O–H groups in total. The highest BCUT2D eigenvalue weighted by atomic mass is 16.5. The molecule has 0 saturated heterocycles. The highest BCUT2D eigenvalue weighted by Gasteiger charge is 2.05. The largest absolute Gasteiger partial charge is 0.476 e. The van der Waals surface area contributed by atoms with Crippen LogP contribution in [-0.4, -0.2) is 34.1 Å². The maximum atomic E-state index is 10.5. The quantitative estimate of drug-likeness (QED) is 0.721. The van der Waals surface area contributed by atoms with Crippen molar-refractivity contribution in [3.63, 3.8) is 0 Å². The highest BCUT2D eigenvalue weighted by Crippen LogP contribution is 1.96. The molecule has 5 heteroatoms. The summed E-state index contributed by atoms with van der Waals surface area (Å²) in [6.45, 7) is 6.01. The van der Waals surface area contributed by atoms with Crippen LogP contribution in [-0.2, 0) is 11.3 Å². The molecule has 0 unspecified atom stereocenters. The number of hydrogen-bond donors (Lipinski definition) is 1. The van der Waals surface area contributed by atoms with Crippen LogP contribution >= 0.6 is 0 Å². The molecule has 0 aromatic carbocycles. The molecule has 1 heterocycles. The van der Waals surface area contributed by atoms with E-state index < -0.39 is 5.97 Å². The second-order valence-corrected chi connectivity index (χ2v) is 3.74. The van der Waals surface area contributed by atoms with Gasteiger partial charge in [0, 0.05) is 12.8 Å². The Hall–Kier alpha value is -1.36. The second kappa shape index (κ2) is 5.50. The van der Waals surface area contributed by atoms with Crippen LogP contribution in [0.3, 0.4) is 0 Å². The summed E-state index contributed by atoms with van der Waals surface area (Å²) in [5.74, 6) is -0.492. The summed E-state index contributed by atoms with van der Waals surface area (Å²) in [5, 5.41) is 12.5. The molecule has 0 atom stereocenters. The zero-order valence-electron chi connectivity index (χ0n) is 9.01. The summed E-state index contributed by atoms with van der Waals surface area (Å²) in [5.41, 5.74) is 0.0684. The molecule has 0 aliphatic carbocycles. The van der Waals surface area contributed by atoms with Gasteiger partial charge in [-0.25, -0.2) is 4.79 Å². The molecule has 0 saturated carbocycles. The molecule has 84 valence electrons. The average Bonchev–Trinajstić information content (AvgIpc) is 2.60. The molecule has 0 radical (unpaired) electrons. The van der Waals surface area contributed by atoms with E-state index in [1.165, 1.54) is 6.07 Å². The molecule has 1 rings (SSSR count). The molecular formula is C10H16N2O3. The second-order valence-electron chi connectivity index (χ2n) is 3.74. The topological polar surface area (TPSA) is 64.3 Å². The Balaban J connectivity index is 2.29. The van der Waals surface area contributed by atoms with Gasteiger partial charge in [0.2, 0.25) is 0 Å². The number of carboxylic acids is 1. The van der Waals surface area contributed by atoms with Crippen LogP contribution in [0.25, 0.3) is 0 Å². The van der Waals surface area contributed by atoms with Gasteiger partial charge in [-0.05, 0) is 12.0 Å². The number of nitrogens with zero attached hydrogens (tertiary/aromatic N) is 2. The maximum absolute atomic E-state index is 10.5. The Morgan fingerprint density at radius 2 is 2.40 bits per heavy atom. The first-order valence-electron chi connectivity index (χ1n) is 4.94. The van der Waals surface area contributed by atoms with Gasteiger partial charge < -0.3 is 9.84 Å². The Bertz CT molecular complexity index is 320. The van der Waals surface area contributed by atoms with Crippen LogP contribution in [0.5, 0.6) is 0 Å². The summed E-state index contributed by atoms with van der Waals surface area (Å²) >= 11 is 0. The lowest BCUT2D eigenvalue weighted by molar-refractivity contribution is 0.0687. The van der Waals surface area contributed by atoms with Crippen molar-refractivity contribution >= 4 is 5.97 Å². The zero-order valence-corrected chi connectivity index (χ0v) is 9.01. The van der Waals surface area contributed by atoms with E-state index in [1.54, 1.807) is 10.9 Å². The van der Waals surface area contributed by atoms with Crippen LogP contribution < -0.4 is 0 Å². The van der Waals surface area contributed by atoms with Crippen molar-refractivity contribution in [3.8, 4) is 0 Å². The number of carbonyl (C=O) groups is 1. The number of aromatic carboxylic acids is 1. The molecule has 0 spiro atoms. The lowest BCUT2D eigenvalue weighted by Crippen LogP contribution is -2.10. The van der Waals surface area contributed by atoms with Crippen LogP contribution in [0.2, 0.25) is 0 Å². The first-order chi connectivity index (χ1) is 7.09. The van der Waals surface area contributed by atoms with Crippen LogP contribution in [0, 0.1) is 5.92 Å². The van der Waals surface area contributed by atoms with Crippen molar-refractivity contribution in [3.05, 3.63) is 18.0 Å². The minimum Gasteiger partial charge on any atom is -0.476 e. The third-order valence-corrected chi connectivity index (χ3v) is 1.78. The maximum Gasteiger partial charge on any atom is 0.356 e. The Morgan fingerprint density at radius 1 is 1.67 bits per heavy atom. The van der Waals surface area contributed by atoms with Gasteiger partial charge in [0.25, 0.3) is 0 Å². The van der Waals surface area contributed by atoms with Gasteiger partial charge in [0.1, 0.15) is 0 Å². The SMILES string of the molecule is CC(C)COCCn1ccc(C(=O)O)n1. The fraction of sp³-hybridized carbons (Fsp3) is 0.600. The van der Waals surface area contributed by atoms with E-state index in [9.17, 15) is 4.79 Å². The van der Waals surface area contributed by atoms with E-state index in [4.69, 9.17) is 9.84 Å². The third kappa shape index (κ3) is 4.12. The van der Waals surface area contributed by atoms with E-state index in [0.29, 0.717) is 25.7 Å². The number of aromatic nitrogens is 2. The van der Waals surface area contributed by atoms with Gasteiger partial charge in [-0.1, -0.05) is 13.8 Å². The Labute approximate surface area is 88.7 Å². The molecule has 5 nitrogen and oxygen atoms in total. The first-order valence-corrected chi connectivity index (χ1v) is 4.94. The van der Waals surface area contributed by atoms with Gasteiger partial charge in [-0.2, -0.15) is 5.10 Å². The van der Waals surface area contributed by atoms with Gasteiger partial charge in [-0.15, -0.1) is 0 Å². The summed E-state index contributed by atoms with van der Waals surface area (Å²) < 4.78 is 6.93. The van der Waals surface area contributed by atoms with E-state index in [1.807, 2.05) is 0 Å². The number of hydrogen-bond acceptors (Lipinski definition) is 3. The number of ether oxygens (including phenoxy) is 1. The molecule has 0 aliphatic rings. The van der Waals surface area contributed by atoms with Crippen LogP contribution in [0.4, 0.5) is 0 Å². The van der Waals surface area contributed by atoms with Gasteiger partial charge >= 0.3 is 5.97 Å². The fourth-order valence-electron chi connectivity index (χ4n) is 1.08. The summed E-state index contributed by atoms with van der Waals surface area (Å²) in [6, 6.07) is 1.48. The fourth-order valence-corrected chi connectivity index (χ4v) is 1.08. The van der Waals surface area contributed by atoms with E-state index >= 15 is 0 Å². The molecule has 0 amide bonds. The van der Waals surface area contributed by atoms with Crippen LogP contribution in [0.1, 0.15) is 24.3 Å². The van der Waals surface area contributed by atoms with Crippen molar-refractivity contribution in [2.45, 2.75) is 20.4 Å². The minimum atomic E-state index is -1.00. The molecular weight excluding hydrogens is 196 g/mol. The molecule has 0 aliphatic heterocycles. The summed E-state index contributed by atoms with van der Waals surface area (Å²) in [6.07, 6.45) is 1.64. The van der Waals surface area contributed by atoms with Crippen molar-refractivity contribution in [2.75, 3.05) is 13.2 Å².